The first kappa shape index (κ1) is 9.71. The lowest BCUT2D eigenvalue weighted by Crippen LogP contribution is -1.99. The van der Waals surface area contributed by atoms with Gasteiger partial charge in [0.25, 0.3) is 0 Å². The van der Waals surface area contributed by atoms with Crippen LogP contribution in [0.25, 0.3) is 11.2 Å². The molecule has 0 saturated heterocycles. The number of carbonyl (C=O) groups is 1. The van der Waals surface area contributed by atoms with Crippen LogP contribution in [-0.2, 0) is 9.84 Å². The van der Waals surface area contributed by atoms with Crippen LogP contribution in [0.1, 0.15) is 10.6 Å². The number of aromatic nitrogens is 2. The molecule has 0 atom stereocenters. The molecule has 0 fully saturated rings. The minimum absolute atomic E-state index is 0.0344. The number of carboxylic acids is 1. The number of nitrogens with zero attached hydrogens (tertiary/aromatic N) is 1. The third-order valence-corrected chi connectivity index (χ3v) is 2.61. The number of fused-ring (bicyclic) bond motifs is 1. The number of hydrogen-bond acceptors (Lipinski definition) is 5. The Bertz CT molecular complexity index is 604. The smallest absolute Gasteiger partial charge is 0.371 e. The molecule has 0 bridgehead atoms. The lowest BCUT2D eigenvalue weighted by Gasteiger charge is -1.88. The maximum atomic E-state index is 11.1. The van der Waals surface area contributed by atoms with E-state index in [1.165, 1.54) is 6.07 Å². The number of hydrogen-bond donors (Lipinski definition) is 2. The average molecular weight is 230 g/mol. The molecule has 0 aliphatic carbocycles. The zero-order valence-corrected chi connectivity index (χ0v) is 8.33. The zero-order chi connectivity index (χ0) is 11.2. The van der Waals surface area contributed by atoms with Crippen molar-refractivity contribution in [2.24, 2.45) is 0 Å². The predicted molar refractivity (Wildman–Crippen MR) is 48.4 cm³/mol. The van der Waals surface area contributed by atoms with Crippen molar-refractivity contribution in [3.05, 3.63) is 11.8 Å². The summed E-state index contributed by atoms with van der Waals surface area (Å²) in [6.45, 7) is 0. The molecule has 8 heteroatoms. The largest absolute Gasteiger partial charge is 0.475 e. The van der Waals surface area contributed by atoms with Gasteiger partial charge in [0, 0.05) is 12.3 Å². The first-order valence-electron chi connectivity index (χ1n) is 3.81. The zero-order valence-electron chi connectivity index (χ0n) is 7.51. The van der Waals surface area contributed by atoms with Crippen LogP contribution in [0.3, 0.4) is 0 Å². The van der Waals surface area contributed by atoms with E-state index in [4.69, 9.17) is 9.52 Å². The number of carboxylic acid groups (broad SMARTS) is 1. The van der Waals surface area contributed by atoms with E-state index in [0.717, 1.165) is 6.26 Å². The molecule has 2 heterocycles. The van der Waals surface area contributed by atoms with Gasteiger partial charge in [0.2, 0.25) is 26.5 Å². The summed E-state index contributed by atoms with van der Waals surface area (Å²) in [7, 11) is -3.44. The van der Waals surface area contributed by atoms with E-state index in [9.17, 15) is 13.2 Å². The molecular weight excluding hydrogens is 224 g/mol. The summed E-state index contributed by atoms with van der Waals surface area (Å²) in [5, 5.41) is 8.34. The number of rotatable bonds is 2. The number of aromatic carboxylic acids is 1. The molecule has 0 unspecified atom stereocenters. The van der Waals surface area contributed by atoms with Gasteiger partial charge in [-0.1, -0.05) is 0 Å². The van der Waals surface area contributed by atoms with Crippen molar-refractivity contribution in [3.63, 3.8) is 0 Å². The fraction of sp³-hybridized carbons (Fsp3) is 0.143. The van der Waals surface area contributed by atoms with Gasteiger partial charge >= 0.3 is 5.97 Å². The highest BCUT2D eigenvalue weighted by molar-refractivity contribution is 7.90. The van der Waals surface area contributed by atoms with Gasteiger partial charge in [-0.2, -0.15) is 4.98 Å². The van der Waals surface area contributed by atoms with Crippen LogP contribution in [0.2, 0.25) is 0 Å². The van der Waals surface area contributed by atoms with Crippen molar-refractivity contribution < 1.29 is 22.7 Å². The number of nitrogens with one attached hydrogen (secondary N) is 1. The Morgan fingerprint density at radius 3 is 2.73 bits per heavy atom. The number of aromatic amines is 1. The molecule has 0 aromatic carbocycles. The van der Waals surface area contributed by atoms with Gasteiger partial charge in [-0.25, -0.2) is 13.2 Å². The molecule has 0 aliphatic rings. The maximum Gasteiger partial charge on any atom is 0.371 e. The van der Waals surface area contributed by atoms with E-state index in [0.29, 0.717) is 0 Å². The minimum Gasteiger partial charge on any atom is -0.475 e. The molecule has 7 nitrogen and oxygen atoms in total. The van der Waals surface area contributed by atoms with Gasteiger partial charge in [-0.15, -0.1) is 0 Å². The Morgan fingerprint density at radius 1 is 1.60 bits per heavy atom. The summed E-state index contributed by atoms with van der Waals surface area (Å²) in [5.41, 5.74) is 0.209. The van der Waals surface area contributed by atoms with E-state index in [1.807, 2.05) is 0 Å². The summed E-state index contributed by atoms with van der Waals surface area (Å²) in [4.78, 5) is 16.6. The van der Waals surface area contributed by atoms with Crippen LogP contribution in [0.15, 0.2) is 15.6 Å². The van der Waals surface area contributed by atoms with Crippen LogP contribution in [0, 0.1) is 0 Å². The number of furan rings is 1. The molecular formula is C7H6N2O5S. The third-order valence-electron chi connectivity index (χ3n) is 1.72. The fourth-order valence-electron chi connectivity index (χ4n) is 1.07. The standard InChI is InChI=1S/C7H6N2O5S/c1-15(12,13)7-8-3-2-4(6(10)11)14-5(3)9-7/h2H,1H3,(H,8,9)(H,10,11). The van der Waals surface area contributed by atoms with Crippen LogP contribution < -0.4 is 0 Å². The number of H-pyrrole nitrogens is 1. The monoisotopic (exact) mass is 230 g/mol. The van der Waals surface area contributed by atoms with Crippen molar-refractivity contribution >= 4 is 27.0 Å². The molecule has 2 aromatic heterocycles. The van der Waals surface area contributed by atoms with Gasteiger partial charge in [-0.05, 0) is 0 Å². The first-order valence-corrected chi connectivity index (χ1v) is 5.70. The molecule has 0 radical (unpaired) electrons. The summed E-state index contributed by atoms with van der Waals surface area (Å²) in [6.07, 6.45) is 0.989. The van der Waals surface area contributed by atoms with Crippen molar-refractivity contribution in [1.29, 1.82) is 0 Å². The Morgan fingerprint density at radius 2 is 2.27 bits per heavy atom. The van der Waals surface area contributed by atoms with Crippen molar-refractivity contribution in [3.8, 4) is 0 Å². The quantitative estimate of drug-likeness (QED) is 0.764. The second-order valence-electron chi connectivity index (χ2n) is 2.95. The normalized spacial score (nSPS) is 12.1. The van der Waals surface area contributed by atoms with Gasteiger partial charge < -0.3 is 14.5 Å². The highest BCUT2D eigenvalue weighted by atomic mass is 32.2. The molecule has 2 rings (SSSR count). The highest BCUT2D eigenvalue weighted by Gasteiger charge is 2.18. The van der Waals surface area contributed by atoms with E-state index < -0.39 is 15.8 Å². The molecule has 2 aromatic rings. The van der Waals surface area contributed by atoms with Crippen LogP contribution in [0.4, 0.5) is 0 Å². The maximum absolute atomic E-state index is 11.1. The Hall–Kier alpha value is -1.83. The van der Waals surface area contributed by atoms with Gasteiger partial charge in [0.15, 0.2) is 0 Å². The minimum atomic E-state index is -3.44. The topological polar surface area (TPSA) is 113 Å². The van der Waals surface area contributed by atoms with E-state index >= 15 is 0 Å². The van der Waals surface area contributed by atoms with Crippen LogP contribution in [-0.4, -0.2) is 35.7 Å². The molecule has 0 amide bonds. The summed E-state index contributed by atoms with van der Waals surface area (Å²) < 4.78 is 26.9. The predicted octanol–water partition coefficient (Wildman–Crippen LogP) is 0.258. The third kappa shape index (κ3) is 1.59. The lowest BCUT2D eigenvalue weighted by molar-refractivity contribution is 0.0664. The molecule has 0 aliphatic heterocycles. The molecule has 2 N–H and O–H groups in total. The average Bonchev–Trinajstić information content (AvgIpc) is 2.55. The lowest BCUT2D eigenvalue weighted by atomic mass is 10.4. The highest BCUT2D eigenvalue weighted by Crippen LogP contribution is 2.18. The summed E-state index contributed by atoms with van der Waals surface area (Å²) >= 11 is 0. The Balaban J connectivity index is 2.62. The van der Waals surface area contributed by atoms with Gasteiger partial charge in [0.05, 0.1) is 0 Å². The molecule has 15 heavy (non-hydrogen) atoms. The van der Waals surface area contributed by atoms with E-state index in [-0.39, 0.29) is 22.1 Å². The molecule has 0 saturated carbocycles. The van der Waals surface area contributed by atoms with Crippen molar-refractivity contribution in [2.45, 2.75) is 5.16 Å². The first-order chi connectivity index (χ1) is 6.88. The molecule has 80 valence electrons. The number of imidazole rings is 1. The summed E-state index contributed by atoms with van der Waals surface area (Å²) in [5.74, 6) is -1.52. The van der Waals surface area contributed by atoms with Crippen LogP contribution >= 0.6 is 0 Å². The number of sulfone groups is 1. The van der Waals surface area contributed by atoms with Crippen molar-refractivity contribution in [2.75, 3.05) is 6.26 Å². The van der Waals surface area contributed by atoms with E-state index in [2.05, 4.69) is 9.97 Å². The summed E-state index contributed by atoms with van der Waals surface area (Å²) in [6, 6.07) is 1.18. The van der Waals surface area contributed by atoms with Crippen molar-refractivity contribution in [1.82, 2.24) is 9.97 Å². The second kappa shape index (κ2) is 2.83. The van der Waals surface area contributed by atoms with Gasteiger partial charge in [0.1, 0.15) is 5.52 Å². The Kier molecular flexibility index (Phi) is 1.83. The van der Waals surface area contributed by atoms with Gasteiger partial charge in [-0.3, -0.25) is 0 Å². The van der Waals surface area contributed by atoms with E-state index in [1.54, 1.807) is 0 Å². The SMILES string of the molecule is CS(=O)(=O)c1nc2oc(C(=O)O)cc2[nH]1. The second-order valence-corrected chi connectivity index (χ2v) is 4.88. The fourth-order valence-corrected chi connectivity index (χ4v) is 1.61. The Labute approximate surface area is 83.6 Å². The molecule has 0 spiro atoms. The van der Waals surface area contributed by atoms with Crippen LogP contribution in [0.5, 0.6) is 0 Å².